The van der Waals surface area contributed by atoms with Crippen molar-refractivity contribution in [2.75, 3.05) is 11.4 Å². The van der Waals surface area contributed by atoms with Crippen molar-refractivity contribution >= 4 is 24.9 Å². The maximum atomic E-state index is 12.9. The second kappa shape index (κ2) is 10.1. The number of aromatic nitrogens is 2. The number of hydrogen-bond donors (Lipinski definition) is 4. The van der Waals surface area contributed by atoms with Crippen LogP contribution >= 0.6 is 0 Å². The van der Waals surface area contributed by atoms with Gasteiger partial charge in [-0.05, 0) is 31.1 Å². The van der Waals surface area contributed by atoms with Crippen LogP contribution in [-0.4, -0.2) is 63.5 Å². The van der Waals surface area contributed by atoms with E-state index >= 15 is 0 Å². The summed E-state index contributed by atoms with van der Waals surface area (Å²) in [5.41, 5.74) is 0.341. The van der Waals surface area contributed by atoms with E-state index in [1.54, 1.807) is 4.90 Å². The third-order valence-corrected chi connectivity index (χ3v) is 5.66. The summed E-state index contributed by atoms with van der Waals surface area (Å²) in [4.78, 5) is 35.8. The molecule has 0 unspecified atom stereocenters. The maximum absolute atomic E-state index is 12.9. The Hall–Kier alpha value is -2.71. The van der Waals surface area contributed by atoms with E-state index in [4.69, 9.17) is 5.26 Å². The summed E-state index contributed by atoms with van der Waals surface area (Å²) < 4.78 is 0. The Kier molecular flexibility index (Phi) is 7.46. The molecule has 2 fully saturated rings. The third-order valence-electron chi connectivity index (χ3n) is 5.66. The number of rotatable bonds is 10. The molecule has 1 aromatic heterocycles. The average molecular weight is 428 g/mol. The fourth-order valence-corrected chi connectivity index (χ4v) is 3.66. The van der Waals surface area contributed by atoms with Gasteiger partial charge in [-0.25, -0.2) is 9.97 Å². The highest BCUT2D eigenvalue weighted by atomic mass is 16.4. The van der Waals surface area contributed by atoms with E-state index in [-0.39, 0.29) is 11.8 Å². The molecule has 1 saturated heterocycles. The predicted molar refractivity (Wildman–Crippen MR) is 113 cm³/mol. The van der Waals surface area contributed by atoms with E-state index in [1.165, 1.54) is 12.4 Å². The molecule has 0 aromatic carbocycles. The van der Waals surface area contributed by atoms with Gasteiger partial charge in [0.2, 0.25) is 17.8 Å². The van der Waals surface area contributed by atoms with Crippen molar-refractivity contribution in [1.29, 1.82) is 5.26 Å². The monoisotopic (exact) mass is 428 g/mol. The average Bonchev–Trinajstić information content (AvgIpc) is 3.50. The van der Waals surface area contributed by atoms with Crippen LogP contribution in [0.4, 0.5) is 5.95 Å². The molecule has 166 valence electrons. The minimum absolute atomic E-state index is 0.166. The third kappa shape index (κ3) is 6.15. The number of nitrogens with zero attached hydrogens (tertiary/aromatic N) is 4. The minimum atomic E-state index is -1.67. The van der Waals surface area contributed by atoms with Gasteiger partial charge < -0.3 is 25.6 Å². The van der Waals surface area contributed by atoms with Crippen molar-refractivity contribution in [1.82, 2.24) is 20.6 Å². The largest absolute Gasteiger partial charge is 0.475 e. The van der Waals surface area contributed by atoms with Crippen molar-refractivity contribution in [2.24, 2.45) is 11.8 Å². The van der Waals surface area contributed by atoms with Crippen LogP contribution in [0.1, 0.15) is 51.5 Å². The molecule has 3 rings (SSSR count). The molecule has 0 radical (unpaired) electrons. The highest BCUT2D eigenvalue weighted by Crippen LogP contribution is 2.34. The molecule has 2 amide bonds. The van der Waals surface area contributed by atoms with Crippen LogP contribution in [0.5, 0.6) is 0 Å². The second-order valence-corrected chi connectivity index (χ2v) is 8.78. The lowest BCUT2D eigenvalue weighted by Crippen LogP contribution is -2.61. The molecule has 31 heavy (non-hydrogen) atoms. The van der Waals surface area contributed by atoms with E-state index in [0.717, 1.165) is 12.8 Å². The lowest BCUT2D eigenvalue weighted by atomic mass is 9.75. The minimum Gasteiger partial charge on any atom is -0.426 e. The molecule has 0 bridgehead atoms. The number of carbonyl (C=O) groups is 2. The molecular formula is C20H29BN6O4. The lowest BCUT2D eigenvalue weighted by molar-refractivity contribution is -0.130. The number of hydrogen-bond acceptors (Lipinski definition) is 8. The van der Waals surface area contributed by atoms with Gasteiger partial charge in [0.15, 0.2) is 0 Å². The summed E-state index contributed by atoms with van der Waals surface area (Å²) in [6, 6.07) is 0.731. The number of nitriles is 1. The number of anilines is 1. The number of nitrogens with one attached hydrogen (secondary N) is 2. The van der Waals surface area contributed by atoms with E-state index in [9.17, 15) is 19.6 Å². The van der Waals surface area contributed by atoms with Gasteiger partial charge in [-0.3, -0.25) is 9.59 Å². The van der Waals surface area contributed by atoms with Crippen LogP contribution < -0.4 is 15.5 Å². The summed E-state index contributed by atoms with van der Waals surface area (Å²) in [5, 5.41) is 33.6. The Morgan fingerprint density at radius 2 is 1.94 bits per heavy atom. The zero-order valence-electron chi connectivity index (χ0n) is 17.9. The van der Waals surface area contributed by atoms with Crippen molar-refractivity contribution in [3.8, 4) is 6.07 Å². The number of amides is 2. The van der Waals surface area contributed by atoms with Crippen LogP contribution in [0.15, 0.2) is 12.4 Å². The van der Waals surface area contributed by atoms with Crippen LogP contribution in [0.2, 0.25) is 0 Å². The number of carbonyl (C=O) groups excluding carboxylic acids is 2. The Bertz CT molecular complexity index is 824. The maximum Gasteiger partial charge on any atom is 0.475 e. The van der Waals surface area contributed by atoms with E-state index in [2.05, 4.69) is 20.6 Å². The van der Waals surface area contributed by atoms with Crippen molar-refractivity contribution in [2.45, 2.75) is 64.0 Å². The predicted octanol–water partition coefficient (Wildman–Crippen LogP) is -0.245. The van der Waals surface area contributed by atoms with E-state index in [0.29, 0.717) is 43.2 Å². The standard InChI is InChI=1S/C20H29BN6O4/c1-12(2)7-17(21(30)31)26-18(28)15(8-13-3-4-13)25-19(29)16-5-6-27(16)20-23-10-14(9-22)11-24-20/h10-13,15-17,30-31H,3-8H2,1-2H3,(H,25,29)(H,26,28)/t15-,16-,17-/m0/s1. The summed E-state index contributed by atoms with van der Waals surface area (Å²) >= 11 is 0. The van der Waals surface area contributed by atoms with Crippen LogP contribution in [0, 0.1) is 23.2 Å². The molecule has 1 aromatic rings. The van der Waals surface area contributed by atoms with Crippen LogP contribution in [0.25, 0.3) is 0 Å². The summed E-state index contributed by atoms with van der Waals surface area (Å²) in [7, 11) is -1.67. The molecule has 1 aliphatic carbocycles. The molecule has 2 heterocycles. The van der Waals surface area contributed by atoms with E-state index < -0.39 is 31.1 Å². The first-order chi connectivity index (χ1) is 14.8. The molecule has 0 spiro atoms. The Morgan fingerprint density at radius 1 is 1.26 bits per heavy atom. The Labute approximate surface area is 182 Å². The molecule has 3 atom stereocenters. The van der Waals surface area contributed by atoms with E-state index in [1.807, 2.05) is 19.9 Å². The van der Waals surface area contributed by atoms with Crippen LogP contribution in [-0.2, 0) is 9.59 Å². The van der Waals surface area contributed by atoms with Gasteiger partial charge in [-0.2, -0.15) is 5.26 Å². The molecule has 1 saturated carbocycles. The zero-order chi connectivity index (χ0) is 22.5. The first-order valence-corrected chi connectivity index (χ1v) is 10.7. The fraction of sp³-hybridized carbons (Fsp3) is 0.650. The molecule has 4 N–H and O–H groups in total. The van der Waals surface area contributed by atoms with Crippen molar-refractivity contribution in [3.05, 3.63) is 18.0 Å². The molecular weight excluding hydrogens is 399 g/mol. The molecule has 1 aliphatic heterocycles. The van der Waals surface area contributed by atoms with Crippen molar-refractivity contribution < 1.29 is 19.6 Å². The van der Waals surface area contributed by atoms with Gasteiger partial charge in [0, 0.05) is 6.54 Å². The summed E-state index contributed by atoms with van der Waals surface area (Å²) in [5.74, 6) is -0.561. The lowest BCUT2D eigenvalue weighted by Gasteiger charge is -2.40. The normalized spacial score (nSPS) is 19.7. The topological polar surface area (TPSA) is 151 Å². The summed E-state index contributed by atoms with van der Waals surface area (Å²) in [6.07, 6.45) is 6.41. The second-order valence-electron chi connectivity index (χ2n) is 8.78. The summed E-state index contributed by atoms with van der Waals surface area (Å²) in [6.45, 7) is 4.47. The molecule has 2 aliphatic rings. The van der Waals surface area contributed by atoms with Crippen molar-refractivity contribution in [3.63, 3.8) is 0 Å². The SMILES string of the molecule is CC(C)C[C@H](NC(=O)[C@H](CC1CC1)NC(=O)[C@@H]1CCN1c1ncc(C#N)cn1)B(O)O. The fourth-order valence-electron chi connectivity index (χ4n) is 3.66. The zero-order valence-corrected chi connectivity index (χ0v) is 17.9. The Morgan fingerprint density at radius 3 is 2.42 bits per heavy atom. The Balaban J connectivity index is 1.63. The highest BCUT2D eigenvalue weighted by molar-refractivity contribution is 6.43. The first kappa shape index (κ1) is 23.0. The van der Waals surface area contributed by atoms with Crippen LogP contribution in [0.3, 0.4) is 0 Å². The highest BCUT2D eigenvalue weighted by Gasteiger charge is 2.39. The van der Waals surface area contributed by atoms with Gasteiger partial charge >= 0.3 is 7.12 Å². The molecule has 11 heteroatoms. The van der Waals surface area contributed by atoms with Gasteiger partial charge in [0.1, 0.15) is 18.2 Å². The van der Waals surface area contributed by atoms with Gasteiger partial charge in [-0.1, -0.05) is 26.7 Å². The van der Waals surface area contributed by atoms with Gasteiger partial charge in [-0.15, -0.1) is 0 Å². The molecule has 10 nitrogen and oxygen atoms in total. The smallest absolute Gasteiger partial charge is 0.426 e. The van der Waals surface area contributed by atoms with Gasteiger partial charge in [0.05, 0.1) is 23.9 Å². The van der Waals surface area contributed by atoms with Gasteiger partial charge in [0.25, 0.3) is 0 Å². The first-order valence-electron chi connectivity index (χ1n) is 10.7. The quantitative estimate of drug-likeness (QED) is 0.373.